The minimum Gasteiger partial charge on any atom is -0.456 e. The predicted octanol–water partition coefficient (Wildman–Crippen LogP) is 0.405. The van der Waals surface area contributed by atoms with Gasteiger partial charge in [-0.05, 0) is 19.1 Å². The van der Waals surface area contributed by atoms with Gasteiger partial charge >= 0.3 is 0 Å². The molecule has 1 aromatic heterocycles. The van der Waals surface area contributed by atoms with Gasteiger partial charge in [-0.3, -0.25) is 4.79 Å². The van der Waals surface area contributed by atoms with Crippen molar-refractivity contribution in [2.45, 2.75) is 13.0 Å². The van der Waals surface area contributed by atoms with Gasteiger partial charge in [0, 0.05) is 13.1 Å². The molecule has 13 heavy (non-hydrogen) atoms. The average Bonchev–Trinajstić information content (AvgIpc) is 2.45. The fraction of sp³-hybridized carbons (Fsp3) is 0.444. The maximum Gasteiger partial charge on any atom is 0.289 e. The third-order valence-corrected chi connectivity index (χ3v) is 2.10. The number of hydrogen-bond donors (Lipinski definition) is 1. The van der Waals surface area contributed by atoms with E-state index in [9.17, 15) is 4.79 Å². The summed E-state index contributed by atoms with van der Waals surface area (Å²) < 4.78 is 5.16. The van der Waals surface area contributed by atoms with E-state index in [-0.39, 0.29) is 12.0 Å². The quantitative estimate of drug-likeness (QED) is 0.682. The van der Waals surface area contributed by atoms with Crippen LogP contribution in [0.15, 0.2) is 16.5 Å². The number of aryl methyl sites for hydroxylation is 1. The van der Waals surface area contributed by atoms with Crippen LogP contribution in [0.5, 0.6) is 0 Å². The van der Waals surface area contributed by atoms with Crippen molar-refractivity contribution in [3.63, 3.8) is 0 Å². The van der Waals surface area contributed by atoms with Gasteiger partial charge in [-0.1, -0.05) is 0 Å². The zero-order valence-corrected chi connectivity index (χ0v) is 7.36. The van der Waals surface area contributed by atoms with Crippen molar-refractivity contribution in [2.24, 2.45) is 0 Å². The number of amides is 1. The van der Waals surface area contributed by atoms with Crippen molar-refractivity contribution in [2.75, 3.05) is 13.1 Å². The lowest BCUT2D eigenvalue weighted by molar-refractivity contribution is 0.00386. The fourth-order valence-electron chi connectivity index (χ4n) is 1.33. The molecule has 1 amide bonds. The van der Waals surface area contributed by atoms with E-state index in [1.54, 1.807) is 24.0 Å². The van der Waals surface area contributed by atoms with Gasteiger partial charge in [-0.25, -0.2) is 0 Å². The number of carbonyl (C=O) groups excluding carboxylic acids is 1. The first-order chi connectivity index (χ1) is 6.16. The van der Waals surface area contributed by atoms with E-state index in [0.29, 0.717) is 18.8 Å². The molecule has 1 aromatic rings. The molecule has 0 radical (unpaired) electrons. The van der Waals surface area contributed by atoms with Crippen molar-refractivity contribution in [1.29, 1.82) is 0 Å². The second kappa shape index (κ2) is 2.88. The first-order valence-corrected chi connectivity index (χ1v) is 4.20. The molecule has 2 heterocycles. The molecule has 0 unspecified atom stereocenters. The third-order valence-electron chi connectivity index (χ3n) is 2.10. The summed E-state index contributed by atoms with van der Waals surface area (Å²) in [5, 5.41) is 8.99. The van der Waals surface area contributed by atoms with Crippen molar-refractivity contribution in [3.05, 3.63) is 23.7 Å². The predicted molar refractivity (Wildman–Crippen MR) is 45.4 cm³/mol. The van der Waals surface area contributed by atoms with Gasteiger partial charge in [0.25, 0.3) is 5.91 Å². The first kappa shape index (κ1) is 8.31. The number of furan rings is 1. The summed E-state index contributed by atoms with van der Waals surface area (Å²) in [4.78, 5) is 13.1. The zero-order chi connectivity index (χ0) is 9.42. The van der Waals surface area contributed by atoms with E-state index in [4.69, 9.17) is 9.52 Å². The van der Waals surface area contributed by atoms with Crippen LogP contribution in [0.3, 0.4) is 0 Å². The number of likely N-dealkylation sites (tertiary alicyclic amines) is 1. The molecule has 1 aliphatic rings. The zero-order valence-electron chi connectivity index (χ0n) is 7.36. The summed E-state index contributed by atoms with van der Waals surface area (Å²) in [6.45, 7) is 2.62. The standard InChI is InChI=1S/C9H11NO3/c1-6-2-3-8(13-6)9(12)10-4-7(11)5-10/h2-3,7,11H,4-5H2,1H3. The normalized spacial score (nSPS) is 17.2. The Morgan fingerprint density at radius 1 is 1.62 bits per heavy atom. The molecule has 1 saturated heterocycles. The Morgan fingerprint density at radius 3 is 2.77 bits per heavy atom. The molecule has 0 spiro atoms. The number of aliphatic hydroxyl groups is 1. The summed E-state index contributed by atoms with van der Waals surface area (Å²) in [5.41, 5.74) is 0. The molecular formula is C9H11NO3. The molecule has 0 aliphatic carbocycles. The van der Waals surface area contributed by atoms with Crippen LogP contribution >= 0.6 is 0 Å². The highest BCUT2D eigenvalue weighted by atomic mass is 16.4. The molecule has 1 fully saturated rings. The number of rotatable bonds is 1. The Kier molecular flexibility index (Phi) is 1.84. The fourth-order valence-corrected chi connectivity index (χ4v) is 1.33. The monoisotopic (exact) mass is 181 g/mol. The third kappa shape index (κ3) is 1.45. The van der Waals surface area contributed by atoms with Gasteiger partial charge in [-0.15, -0.1) is 0 Å². The lowest BCUT2D eigenvalue weighted by Crippen LogP contribution is -2.53. The van der Waals surface area contributed by atoms with E-state index in [2.05, 4.69) is 0 Å². The van der Waals surface area contributed by atoms with Crippen LogP contribution in [0.25, 0.3) is 0 Å². The van der Waals surface area contributed by atoms with E-state index < -0.39 is 0 Å². The Bertz CT molecular complexity index is 325. The van der Waals surface area contributed by atoms with Gasteiger partial charge in [-0.2, -0.15) is 0 Å². The Balaban J connectivity index is 2.06. The van der Waals surface area contributed by atoms with Crippen molar-refractivity contribution in [3.8, 4) is 0 Å². The van der Waals surface area contributed by atoms with Crippen LogP contribution in [0.2, 0.25) is 0 Å². The maximum atomic E-state index is 11.5. The van der Waals surface area contributed by atoms with Gasteiger partial charge in [0.2, 0.25) is 0 Å². The smallest absolute Gasteiger partial charge is 0.289 e. The molecule has 0 atom stereocenters. The van der Waals surface area contributed by atoms with Crippen LogP contribution in [-0.2, 0) is 0 Å². The lowest BCUT2D eigenvalue weighted by atomic mass is 10.1. The van der Waals surface area contributed by atoms with Crippen molar-refractivity contribution >= 4 is 5.91 Å². The van der Waals surface area contributed by atoms with E-state index >= 15 is 0 Å². The minimum absolute atomic E-state index is 0.140. The topological polar surface area (TPSA) is 53.7 Å². The summed E-state index contributed by atoms with van der Waals surface area (Å²) in [5.74, 6) is 0.937. The molecule has 1 N–H and O–H groups in total. The van der Waals surface area contributed by atoms with Gasteiger partial charge in [0.1, 0.15) is 5.76 Å². The average molecular weight is 181 g/mol. The SMILES string of the molecule is Cc1ccc(C(=O)N2CC(O)C2)o1. The van der Waals surface area contributed by atoms with Gasteiger partial charge in [0.15, 0.2) is 5.76 Å². The largest absolute Gasteiger partial charge is 0.456 e. The lowest BCUT2D eigenvalue weighted by Gasteiger charge is -2.35. The van der Waals surface area contributed by atoms with Crippen LogP contribution in [0, 0.1) is 6.92 Å². The number of hydrogen-bond acceptors (Lipinski definition) is 3. The van der Waals surface area contributed by atoms with Crippen LogP contribution in [0.4, 0.5) is 0 Å². The Labute approximate surface area is 75.8 Å². The van der Waals surface area contributed by atoms with Crippen LogP contribution in [-0.4, -0.2) is 35.1 Å². The highest BCUT2D eigenvalue weighted by Crippen LogP contribution is 2.14. The molecule has 0 aromatic carbocycles. The van der Waals surface area contributed by atoms with Gasteiger partial charge in [0.05, 0.1) is 6.10 Å². The number of carbonyl (C=O) groups is 1. The van der Waals surface area contributed by atoms with E-state index in [1.807, 2.05) is 0 Å². The van der Waals surface area contributed by atoms with E-state index in [1.165, 1.54) is 0 Å². The van der Waals surface area contributed by atoms with E-state index in [0.717, 1.165) is 5.76 Å². The maximum absolute atomic E-state index is 11.5. The highest BCUT2D eigenvalue weighted by molar-refractivity contribution is 5.92. The number of β-amino-alcohol motifs (C(OH)–C–C–N with tert-alkyl or cyclic N) is 1. The number of aliphatic hydroxyl groups excluding tert-OH is 1. The second-order valence-corrected chi connectivity index (χ2v) is 3.27. The summed E-state index contributed by atoms with van der Waals surface area (Å²) in [6.07, 6.45) is -0.361. The Morgan fingerprint density at radius 2 is 2.31 bits per heavy atom. The van der Waals surface area contributed by atoms with Crippen molar-refractivity contribution < 1.29 is 14.3 Å². The summed E-state index contributed by atoms with van der Waals surface area (Å²) >= 11 is 0. The highest BCUT2D eigenvalue weighted by Gasteiger charge is 2.30. The van der Waals surface area contributed by atoms with Crippen LogP contribution in [0.1, 0.15) is 16.3 Å². The molecule has 2 rings (SSSR count). The van der Waals surface area contributed by atoms with Crippen LogP contribution < -0.4 is 0 Å². The summed E-state index contributed by atoms with van der Waals surface area (Å²) in [6, 6.07) is 3.41. The minimum atomic E-state index is -0.361. The molecule has 0 bridgehead atoms. The van der Waals surface area contributed by atoms with Gasteiger partial charge < -0.3 is 14.4 Å². The summed E-state index contributed by atoms with van der Waals surface area (Å²) in [7, 11) is 0. The molecule has 4 nitrogen and oxygen atoms in total. The second-order valence-electron chi connectivity index (χ2n) is 3.27. The Hall–Kier alpha value is -1.29. The molecule has 4 heteroatoms. The molecule has 1 aliphatic heterocycles. The molecule has 70 valence electrons. The first-order valence-electron chi connectivity index (χ1n) is 4.20. The molecule has 0 saturated carbocycles. The van der Waals surface area contributed by atoms with Crippen molar-refractivity contribution in [1.82, 2.24) is 4.90 Å². The number of nitrogens with zero attached hydrogens (tertiary/aromatic N) is 1. The molecular weight excluding hydrogens is 170 g/mol.